The van der Waals surface area contributed by atoms with Gasteiger partial charge < -0.3 is 19.1 Å². The minimum Gasteiger partial charge on any atom is -0.493 e. The monoisotopic (exact) mass is 469 g/mol. The zero-order valence-electron chi connectivity index (χ0n) is 17.6. The molecule has 5 rings (SSSR count). The van der Waals surface area contributed by atoms with Gasteiger partial charge in [-0.3, -0.25) is 4.79 Å². The number of carbonyl (C=O) groups is 1. The number of thioether (sulfide) groups is 1. The Morgan fingerprint density at radius 2 is 2.06 bits per heavy atom. The number of hydrogen-bond donors (Lipinski definition) is 1. The summed E-state index contributed by atoms with van der Waals surface area (Å²) in [5.74, 6) is 0.273. The molecule has 6 nitrogen and oxygen atoms in total. The van der Waals surface area contributed by atoms with Gasteiger partial charge in [-0.05, 0) is 59.0 Å². The molecule has 1 aliphatic carbocycles. The predicted molar refractivity (Wildman–Crippen MR) is 126 cm³/mol. The molecule has 0 amide bonds. The van der Waals surface area contributed by atoms with E-state index in [0.717, 1.165) is 57.9 Å². The lowest BCUT2D eigenvalue weighted by molar-refractivity contribution is 0.0694. The van der Waals surface area contributed by atoms with Crippen molar-refractivity contribution in [3.8, 4) is 28.1 Å². The first-order chi connectivity index (χ1) is 15.6. The van der Waals surface area contributed by atoms with Crippen LogP contribution in [0.5, 0.6) is 5.75 Å². The first-order valence-electron chi connectivity index (χ1n) is 10.6. The van der Waals surface area contributed by atoms with E-state index in [1.807, 2.05) is 5.38 Å². The van der Waals surface area contributed by atoms with E-state index < -0.39 is 11.5 Å². The maximum Gasteiger partial charge on any atom is 0.341 e. The average molecular weight is 470 g/mol. The standard InChI is InChI=1S/C24H23NO5S2/c1-29-6-2-7-30-20-11-21-18(10-17(20)14-5-8-31-12-14)22-15(13-32-21)9-19(24(27)28)23(26)25(22)16-3-4-16/h5,8-12,16H,2-4,6-7,13H2,1H3,(H,27,28). The summed E-state index contributed by atoms with van der Waals surface area (Å²) >= 11 is 3.27. The summed E-state index contributed by atoms with van der Waals surface area (Å²) in [6, 6.07) is 7.87. The molecule has 0 atom stereocenters. The zero-order valence-corrected chi connectivity index (χ0v) is 19.3. The molecule has 1 N–H and O–H groups in total. The molecule has 1 aromatic carbocycles. The molecule has 1 fully saturated rings. The highest BCUT2D eigenvalue weighted by Gasteiger charge is 2.33. The number of ether oxygens (including phenoxy) is 2. The Morgan fingerprint density at radius 3 is 2.75 bits per heavy atom. The SMILES string of the molecule is COCCCOc1cc2c(cc1-c1ccsc1)-c1c(cc(C(=O)O)c(=O)n1C1CC1)CS2. The smallest absolute Gasteiger partial charge is 0.341 e. The molecule has 1 aliphatic heterocycles. The van der Waals surface area contributed by atoms with E-state index in [-0.39, 0.29) is 11.6 Å². The van der Waals surface area contributed by atoms with Crippen molar-refractivity contribution in [2.75, 3.05) is 20.3 Å². The van der Waals surface area contributed by atoms with Gasteiger partial charge in [0.2, 0.25) is 0 Å². The molecule has 0 unspecified atom stereocenters. The second kappa shape index (κ2) is 8.77. The van der Waals surface area contributed by atoms with E-state index in [9.17, 15) is 14.7 Å². The fourth-order valence-electron chi connectivity index (χ4n) is 4.11. The number of aromatic nitrogens is 1. The highest BCUT2D eigenvalue weighted by atomic mass is 32.2. The van der Waals surface area contributed by atoms with Crippen molar-refractivity contribution in [2.24, 2.45) is 0 Å². The Hall–Kier alpha value is -2.55. The number of benzene rings is 1. The van der Waals surface area contributed by atoms with Crippen molar-refractivity contribution in [1.29, 1.82) is 0 Å². The third kappa shape index (κ3) is 3.87. The summed E-state index contributed by atoms with van der Waals surface area (Å²) in [4.78, 5) is 25.9. The normalized spacial score (nSPS) is 14.7. The van der Waals surface area contributed by atoms with Crippen molar-refractivity contribution in [2.45, 2.75) is 36.0 Å². The molecule has 1 saturated carbocycles. The Morgan fingerprint density at radius 1 is 1.22 bits per heavy atom. The van der Waals surface area contributed by atoms with Crippen molar-refractivity contribution in [3.05, 3.63) is 56.5 Å². The van der Waals surface area contributed by atoms with Gasteiger partial charge in [0, 0.05) is 48.0 Å². The molecule has 166 valence electrons. The lowest BCUT2D eigenvalue weighted by atomic mass is 9.98. The number of nitrogens with zero attached hydrogens (tertiary/aromatic N) is 1. The van der Waals surface area contributed by atoms with Crippen LogP contribution in [-0.4, -0.2) is 36.0 Å². The molecule has 2 aromatic heterocycles. The molecular formula is C24H23NO5S2. The summed E-state index contributed by atoms with van der Waals surface area (Å²) in [7, 11) is 1.68. The van der Waals surface area contributed by atoms with Crippen LogP contribution in [0.3, 0.4) is 0 Å². The van der Waals surface area contributed by atoms with Crippen molar-refractivity contribution in [3.63, 3.8) is 0 Å². The number of aromatic carboxylic acids is 1. The first-order valence-corrected chi connectivity index (χ1v) is 12.5. The van der Waals surface area contributed by atoms with Gasteiger partial charge in [0.15, 0.2) is 0 Å². The fraction of sp³-hybridized carbons (Fsp3) is 0.333. The van der Waals surface area contributed by atoms with Crippen LogP contribution in [0, 0.1) is 0 Å². The van der Waals surface area contributed by atoms with Gasteiger partial charge in [-0.25, -0.2) is 4.79 Å². The number of carboxylic acid groups (broad SMARTS) is 1. The second-order valence-corrected chi connectivity index (χ2v) is 9.78. The quantitative estimate of drug-likeness (QED) is 0.451. The molecular weight excluding hydrogens is 446 g/mol. The van der Waals surface area contributed by atoms with Crippen molar-refractivity contribution >= 4 is 29.1 Å². The third-order valence-electron chi connectivity index (χ3n) is 5.76. The van der Waals surface area contributed by atoms with E-state index in [0.29, 0.717) is 19.0 Å². The maximum absolute atomic E-state index is 13.1. The van der Waals surface area contributed by atoms with Crippen LogP contribution in [0.25, 0.3) is 22.4 Å². The topological polar surface area (TPSA) is 77.8 Å². The van der Waals surface area contributed by atoms with Gasteiger partial charge in [-0.1, -0.05) is 0 Å². The lowest BCUT2D eigenvalue weighted by Crippen LogP contribution is -2.29. The minimum absolute atomic E-state index is 0.0704. The number of methoxy groups -OCH3 is 1. The van der Waals surface area contributed by atoms with Gasteiger partial charge in [0.1, 0.15) is 11.3 Å². The van der Waals surface area contributed by atoms with Crippen LogP contribution >= 0.6 is 23.1 Å². The average Bonchev–Trinajstić information content (AvgIpc) is 3.47. The van der Waals surface area contributed by atoms with Crippen LogP contribution < -0.4 is 10.3 Å². The van der Waals surface area contributed by atoms with E-state index in [1.54, 1.807) is 40.8 Å². The van der Waals surface area contributed by atoms with Gasteiger partial charge in [0.25, 0.3) is 5.56 Å². The first kappa shape index (κ1) is 21.3. The Bertz CT molecular complexity index is 1230. The van der Waals surface area contributed by atoms with Crippen LogP contribution in [0.4, 0.5) is 0 Å². The number of pyridine rings is 1. The summed E-state index contributed by atoms with van der Waals surface area (Å²) in [5.41, 5.74) is 4.23. The number of thiophene rings is 1. The minimum atomic E-state index is -1.17. The molecule has 8 heteroatoms. The Labute approximate surface area is 193 Å². The molecule has 0 saturated heterocycles. The van der Waals surface area contributed by atoms with E-state index in [4.69, 9.17) is 9.47 Å². The summed E-state index contributed by atoms with van der Waals surface area (Å²) in [5, 5.41) is 13.7. The summed E-state index contributed by atoms with van der Waals surface area (Å²) in [6.07, 6.45) is 2.60. The Kier molecular flexibility index (Phi) is 5.84. The highest BCUT2D eigenvalue weighted by Crippen LogP contribution is 2.49. The van der Waals surface area contributed by atoms with Crippen LogP contribution in [0.15, 0.2) is 44.7 Å². The molecule has 3 heterocycles. The van der Waals surface area contributed by atoms with Gasteiger partial charge in [-0.2, -0.15) is 11.3 Å². The zero-order chi connectivity index (χ0) is 22.2. The van der Waals surface area contributed by atoms with Crippen molar-refractivity contribution < 1.29 is 19.4 Å². The van der Waals surface area contributed by atoms with Crippen LogP contribution in [-0.2, 0) is 10.5 Å². The molecule has 3 aromatic rings. The number of carboxylic acids is 1. The predicted octanol–water partition coefficient (Wildman–Crippen LogP) is 5.30. The van der Waals surface area contributed by atoms with Gasteiger partial charge in [0.05, 0.1) is 12.3 Å². The number of hydrogen-bond acceptors (Lipinski definition) is 6. The second-order valence-electron chi connectivity index (χ2n) is 7.98. The van der Waals surface area contributed by atoms with Gasteiger partial charge >= 0.3 is 5.97 Å². The van der Waals surface area contributed by atoms with E-state index in [2.05, 4.69) is 23.6 Å². The summed E-state index contributed by atoms with van der Waals surface area (Å²) in [6.45, 7) is 1.19. The maximum atomic E-state index is 13.1. The molecule has 2 aliphatic rings. The van der Waals surface area contributed by atoms with Gasteiger partial charge in [-0.15, -0.1) is 11.8 Å². The largest absolute Gasteiger partial charge is 0.493 e. The summed E-state index contributed by atoms with van der Waals surface area (Å²) < 4.78 is 13.0. The molecule has 0 spiro atoms. The Balaban J connectivity index is 1.67. The number of fused-ring (bicyclic) bond motifs is 3. The highest BCUT2D eigenvalue weighted by molar-refractivity contribution is 7.98. The fourth-order valence-corrected chi connectivity index (χ4v) is 5.80. The molecule has 0 bridgehead atoms. The van der Waals surface area contributed by atoms with Crippen LogP contribution in [0.1, 0.15) is 41.2 Å². The van der Waals surface area contributed by atoms with E-state index >= 15 is 0 Å². The van der Waals surface area contributed by atoms with Crippen molar-refractivity contribution in [1.82, 2.24) is 4.57 Å². The molecule has 32 heavy (non-hydrogen) atoms. The van der Waals surface area contributed by atoms with E-state index in [1.165, 1.54) is 0 Å². The lowest BCUT2D eigenvalue weighted by Gasteiger charge is -2.26. The van der Waals surface area contributed by atoms with Crippen LogP contribution in [0.2, 0.25) is 0 Å². The third-order valence-corrected chi connectivity index (χ3v) is 7.55. The number of rotatable bonds is 8. The molecule has 0 radical (unpaired) electrons.